The molecule has 4 nitrogen and oxygen atoms in total. The van der Waals surface area contributed by atoms with E-state index < -0.39 is 0 Å². The molecule has 0 spiro atoms. The first kappa shape index (κ1) is 11.1. The lowest BCUT2D eigenvalue weighted by atomic mass is 10.1. The minimum atomic E-state index is -0.199. The maximum atomic E-state index is 11.5. The third-order valence-electron chi connectivity index (χ3n) is 2.78. The third kappa shape index (κ3) is 1.93. The van der Waals surface area contributed by atoms with Gasteiger partial charge in [0.15, 0.2) is 0 Å². The lowest BCUT2D eigenvalue weighted by Crippen LogP contribution is -2.54. The van der Waals surface area contributed by atoms with E-state index >= 15 is 0 Å². The molecule has 0 aromatic heterocycles. The SMILES string of the molecule is CC1C(=O)NCCN1c1ccc(N)cc1Cl. The average molecular weight is 240 g/mol. The van der Waals surface area contributed by atoms with Gasteiger partial charge in [0.25, 0.3) is 0 Å². The first-order valence-electron chi connectivity index (χ1n) is 5.19. The Morgan fingerprint density at radius 1 is 1.56 bits per heavy atom. The number of carbonyl (C=O) groups is 1. The Morgan fingerprint density at radius 2 is 2.31 bits per heavy atom. The van der Waals surface area contributed by atoms with Crippen LogP contribution in [0.5, 0.6) is 0 Å². The summed E-state index contributed by atoms with van der Waals surface area (Å²) in [6.07, 6.45) is 0. The summed E-state index contributed by atoms with van der Waals surface area (Å²) >= 11 is 6.12. The Kier molecular flexibility index (Phi) is 2.92. The van der Waals surface area contributed by atoms with Crippen LogP contribution in [0.15, 0.2) is 18.2 Å². The molecule has 1 aliphatic rings. The number of hydrogen-bond donors (Lipinski definition) is 2. The molecule has 1 aliphatic heterocycles. The largest absolute Gasteiger partial charge is 0.399 e. The molecule has 86 valence electrons. The molecule has 1 atom stereocenters. The zero-order chi connectivity index (χ0) is 11.7. The van der Waals surface area contributed by atoms with Gasteiger partial charge in [-0.1, -0.05) is 11.6 Å². The number of carbonyl (C=O) groups excluding carboxylic acids is 1. The van der Waals surface area contributed by atoms with Crippen LogP contribution in [0, 0.1) is 0 Å². The molecule has 1 aromatic rings. The van der Waals surface area contributed by atoms with E-state index in [0.29, 0.717) is 17.3 Å². The number of anilines is 2. The summed E-state index contributed by atoms with van der Waals surface area (Å²) in [4.78, 5) is 13.5. The van der Waals surface area contributed by atoms with Crippen molar-refractivity contribution in [3.8, 4) is 0 Å². The van der Waals surface area contributed by atoms with Crippen LogP contribution in [0.4, 0.5) is 11.4 Å². The van der Waals surface area contributed by atoms with Crippen molar-refractivity contribution in [1.29, 1.82) is 0 Å². The molecule has 1 heterocycles. The van der Waals surface area contributed by atoms with Crippen LogP contribution < -0.4 is 16.0 Å². The third-order valence-corrected chi connectivity index (χ3v) is 3.08. The fraction of sp³-hybridized carbons (Fsp3) is 0.364. The van der Waals surface area contributed by atoms with Crippen molar-refractivity contribution in [2.24, 2.45) is 0 Å². The van der Waals surface area contributed by atoms with E-state index in [1.165, 1.54) is 0 Å². The van der Waals surface area contributed by atoms with Gasteiger partial charge >= 0.3 is 0 Å². The maximum Gasteiger partial charge on any atom is 0.242 e. The molecule has 16 heavy (non-hydrogen) atoms. The van der Waals surface area contributed by atoms with Crippen molar-refractivity contribution < 1.29 is 4.79 Å². The van der Waals surface area contributed by atoms with Gasteiger partial charge in [-0.3, -0.25) is 4.79 Å². The number of nitrogen functional groups attached to an aromatic ring is 1. The molecule has 5 heteroatoms. The van der Waals surface area contributed by atoms with Gasteiger partial charge in [-0.25, -0.2) is 0 Å². The number of hydrogen-bond acceptors (Lipinski definition) is 3. The monoisotopic (exact) mass is 239 g/mol. The molecule has 1 aromatic carbocycles. The van der Waals surface area contributed by atoms with E-state index in [2.05, 4.69) is 5.32 Å². The Bertz CT molecular complexity index is 422. The first-order chi connectivity index (χ1) is 7.59. The molecular weight excluding hydrogens is 226 g/mol. The van der Waals surface area contributed by atoms with E-state index in [1.54, 1.807) is 12.1 Å². The van der Waals surface area contributed by atoms with Crippen LogP contribution in [-0.2, 0) is 4.79 Å². The Morgan fingerprint density at radius 3 is 3.00 bits per heavy atom. The van der Waals surface area contributed by atoms with Crippen molar-refractivity contribution in [3.05, 3.63) is 23.2 Å². The quantitative estimate of drug-likeness (QED) is 0.726. The number of piperazine rings is 1. The molecule has 1 saturated heterocycles. The summed E-state index contributed by atoms with van der Waals surface area (Å²) in [5, 5.41) is 3.40. The number of benzene rings is 1. The summed E-state index contributed by atoms with van der Waals surface area (Å²) in [7, 11) is 0. The lowest BCUT2D eigenvalue weighted by molar-refractivity contribution is -0.122. The van der Waals surface area contributed by atoms with Crippen molar-refractivity contribution in [2.45, 2.75) is 13.0 Å². The van der Waals surface area contributed by atoms with E-state index in [1.807, 2.05) is 17.9 Å². The lowest BCUT2D eigenvalue weighted by Gasteiger charge is -2.35. The second-order valence-corrected chi connectivity index (χ2v) is 4.28. The fourth-order valence-corrected chi connectivity index (χ4v) is 2.17. The van der Waals surface area contributed by atoms with Gasteiger partial charge in [-0.15, -0.1) is 0 Å². The number of nitrogens with one attached hydrogen (secondary N) is 1. The highest BCUT2D eigenvalue weighted by atomic mass is 35.5. The van der Waals surface area contributed by atoms with Gasteiger partial charge in [-0.2, -0.15) is 0 Å². The number of halogens is 1. The highest BCUT2D eigenvalue weighted by Crippen LogP contribution is 2.29. The Labute approximate surface area is 99.4 Å². The number of nitrogens with two attached hydrogens (primary N) is 1. The minimum absolute atomic E-state index is 0.0270. The number of amides is 1. The van der Waals surface area contributed by atoms with Gasteiger partial charge in [0.2, 0.25) is 5.91 Å². The summed E-state index contributed by atoms with van der Waals surface area (Å²) in [5.74, 6) is 0.0270. The summed E-state index contributed by atoms with van der Waals surface area (Å²) < 4.78 is 0. The zero-order valence-corrected chi connectivity index (χ0v) is 9.79. The number of nitrogens with zero attached hydrogens (tertiary/aromatic N) is 1. The zero-order valence-electron chi connectivity index (χ0n) is 9.03. The molecule has 0 saturated carbocycles. The first-order valence-corrected chi connectivity index (χ1v) is 5.57. The fourth-order valence-electron chi connectivity index (χ4n) is 1.87. The maximum absolute atomic E-state index is 11.5. The van der Waals surface area contributed by atoms with Gasteiger partial charge in [-0.05, 0) is 25.1 Å². The highest BCUT2D eigenvalue weighted by molar-refractivity contribution is 6.33. The summed E-state index contributed by atoms with van der Waals surface area (Å²) in [6.45, 7) is 3.27. The highest BCUT2D eigenvalue weighted by Gasteiger charge is 2.26. The summed E-state index contributed by atoms with van der Waals surface area (Å²) in [5.41, 5.74) is 7.12. The Balaban J connectivity index is 2.32. The molecule has 1 amide bonds. The minimum Gasteiger partial charge on any atom is -0.399 e. The van der Waals surface area contributed by atoms with Crippen molar-refractivity contribution in [1.82, 2.24) is 5.32 Å². The molecule has 1 unspecified atom stereocenters. The molecule has 3 N–H and O–H groups in total. The van der Waals surface area contributed by atoms with Crippen LogP contribution in [0.1, 0.15) is 6.92 Å². The molecule has 2 rings (SSSR count). The summed E-state index contributed by atoms with van der Waals surface area (Å²) in [6, 6.07) is 5.15. The van der Waals surface area contributed by atoms with E-state index in [9.17, 15) is 4.79 Å². The van der Waals surface area contributed by atoms with E-state index in [0.717, 1.165) is 12.2 Å². The van der Waals surface area contributed by atoms with E-state index in [-0.39, 0.29) is 11.9 Å². The van der Waals surface area contributed by atoms with Crippen molar-refractivity contribution in [2.75, 3.05) is 23.7 Å². The molecule has 0 aliphatic carbocycles. The predicted octanol–water partition coefficient (Wildman–Crippen LogP) is 1.25. The Hall–Kier alpha value is -1.42. The van der Waals surface area contributed by atoms with Gasteiger partial charge < -0.3 is 16.0 Å². The van der Waals surface area contributed by atoms with Gasteiger partial charge in [0.1, 0.15) is 6.04 Å². The molecule has 0 bridgehead atoms. The standard InChI is InChI=1S/C11H14ClN3O/c1-7-11(16)14-4-5-15(7)10-3-2-8(13)6-9(10)12/h2-3,6-7H,4-5,13H2,1H3,(H,14,16). The van der Waals surface area contributed by atoms with Crippen LogP contribution in [0.3, 0.4) is 0 Å². The normalized spacial score (nSPS) is 20.8. The molecular formula is C11H14ClN3O. The van der Waals surface area contributed by atoms with Gasteiger partial charge in [0, 0.05) is 18.8 Å². The average Bonchev–Trinajstić information content (AvgIpc) is 2.23. The predicted molar refractivity (Wildman–Crippen MR) is 65.7 cm³/mol. The number of rotatable bonds is 1. The second-order valence-electron chi connectivity index (χ2n) is 3.87. The van der Waals surface area contributed by atoms with Crippen LogP contribution >= 0.6 is 11.6 Å². The molecule has 1 fully saturated rings. The van der Waals surface area contributed by atoms with Crippen LogP contribution in [0.2, 0.25) is 5.02 Å². The topological polar surface area (TPSA) is 58.4 Å². The smallest absolute Gasteiger partial charge is 0.242 e. The molecule has 0 radical (unpaired) electrons. The van der Waals surface area contributed by atoms with E-state index in [4.69, 9.17) is 17.3 Å². The second kappa shape index (κ2) is 4.22. The van der Waals surface area contributed by atoms with Crippen molar-refractivity contribution >= 4 is 28.9 Å². The van der Waals surface area contributed by atoms with Crippen molar-refractivity contribution in [3.63, 3.8) is 0 Å². The van der Waals surface area contributed by atoms with Crippen LogP contribution in [0.25, 0.3) is 0 Å². The van der Waals surface area contributed by atoms with Gasteiger partial charge in [0.05, 0.1) is 10.7 Å². The van der Waals surface area contributed by atoms with Crippen LogP contribution in [-0.4, -0.2) is 25.0 Å².